The van der Waals surface area contributed by atoms with Crippen molar-refractivity contribution in [2.45, 2.75) is 25.4 Å². The Labute approximate surface area is 104 Å². The Morgan fingerprint density at radius 3 is 2.71 bits per heavy atom. The molecule has 2 saturated heterocycles. The highest BCUT2D eigenvalue weighted by Crippen LogP contribution is 2.22. The number of nitrogens with zero attached hydrogens (tertiary/aromatic N) is 1. The van der Waals surface area contributed by atoms with E-state index >= 15 is 0 Å². The van der Waals surface area contributed by atoms with E-state index < -0.39 is 10.0 Å². The fraction of sp³-hybridized carbons (Fsp3) is 1.00. The molecule has 2 aliphatic heterocycles. The minimum Gasteiger partial charge on any atom is -0.372 e. The first-order valence-corrected chi connectivity index (χ1v) is 8.04. The quantitative estimate of drug-likeness (QED) is 0.777. The van der Waals surface area contributed by atoms with Crippen molar-refractivity contribution in [3.8, 4) is 0 Å². The third-order valence-electron chi connectivity index (χ3n) is 3.62. The number of rotatable bonds is 4. The lowest BCUT2D eigenvalue weighted by molar-refractivity contribution is -0.0841. The number of hydrogen-bond donors (Lipinski definition) is 1. The molecule has 0 aromatic heterocycles. The van der Waals surface area contributed by atoms with Crippen molar-refractivity contribution < 1.29 is 13.2 Å². The Hall–Kier alpha value is -0.170. The van der Waals surface area contributed by atoms with E-state index in [-0.39, 0.29) is 5.60 Å². The molecule has 17 heavy (non-hydrogen) atoms. The topological polar surface area (TPSA) is 58.6 Å². The minimum atomic E-state index is -3.04. The molecule has 0 aromatic carbocycles. The van der Waals surface area contributed by atoms with Gasteiger partial charge in [-0.05, 0) is 25.7 Å². The van der Waals surface area contributed by atoms with Crippen molar-refractivity contribution in [1.82, 2.24) is 9.62 Å². The average molecular weight is 262 g/mol. The van der Waals surface area contributed by atoms with E-state index in [0.717, 1.165) is 25.9 Å². The fourth-order valence-corrected chi connectivity index (χ4v) is 3.30. The second-order valence-corrected chi connectivity index (χ2v) is 7.48. The molecule has 2 rings (SSSR count). The Kier molecular flexibility index (Phi) is 3.77. The van der Waals surface area contributed by atoms with Crippen LogP contribution in [0.1, 0.15) is 19.8 Å². The smallest absolute Gasteiger partial charge is 0.211 e. The average Bonchev–Trinajstić information content (AvgIpc) is 2.23. The van der Waals surface area contributed by atoms with E-state index in [4.69, 9.17) is 4.74 Å². The third kappa shape index (κ3) is 3.40. The number of sulfonamides is 1. The second-order valence-electron chi connectivity index (χ2n) is 5.49. The van der Waals surface area contributed by atoms with Gasteiger partial charge in [0.25, 0.3) is 0 Å². The lowest BCUT2D eigenvalue weighted by Gasteiger charge is -2.41. The van der Waals surface area contributed by atoms with Crippen LogP contribution in [0.5, 0.6) is 0 Å². The summed E-state index contributed by atoms with van der Waals surface area (Å²) in [5.74, 6) is 0.343. The van der Waals surface area contributed by atoms with Crippen LogP contribution < -0.4 is 5.32 Å². The van der Waals surface area contributed by atoms with E-state index in [0.29, 0.717) is 25.6 Å². The van der Waals surface area contributed by atoms with Gasteiger partial charge in [-0.25, -0.2) is 12.7 Å². The first kappa shape index (κ1) is 13.3. The van der Waals surface area contributed by atoms with E-state index in [1.807, 2.05) is 0 Å². The highest BCUT2D eigenvalue weighted by molar-refractivity contribution is 7.88. The van der Waals surface area contributed by atoms with E-state index in [1.54, 1.807) is 4.31 Å². The van der Waals surface area contributed by atoms with Crippen molar-refractivity contribution in [3.63, 3.8) is 0 Å². The standard InChI is InChI=1S/C11H22N2O3S/c1-11(8-12-9-11)16-7-10-4-3-5-13(6-10)17(2,14)15/h10,12H,3-9H2,1-2H3. The van der Waals surface area contributed by atoms with Crippen LogP contribution in [-0.2, 0) is 14.8 Å². The Bertz CT molecular complexity index is 365. The van der Waals surface area contributed by atoms with Crippen LogP contribution in [0.3, 0.4) is 0 Å². The molecule has 2 aliphatic rings. The summed E-state index contributed by atoms with van der Waals surface area (Å²) in [4.78, 5) is 0. The van der Waals surface area contributed by atoms with Crippen molar-refractivity contribution in [1.29, 1.82) is 0 Å². The van der Waals surface area contributed by atoms with Gasteiger partial charge >= 0.3 is 0 Å². The predicted molar refractivity (Wildman–Crippen MR) is 66.4 cm³/mol. The minimum absolute atomic E-state index is 0.0344. The van der Waals surface area contributed by atoms with Gasteiger partial charge in [0.2, 0.25) is 10.0 Å². The number of nitrogens with one attached hydrogen (secondary N) is 1. The van der Waals surface area contributed by atoms with Gasteiger partial charge in [0.15, 0.2) is 0 Å². The molecule has 0 aliphatic carbocycles. The van der Waals surface area contributed by atoms with Gasteiger partial charge in [-0.1, -0.05) is 0 Å². The molecule has 1 N–H and O–H groups in total. The summed E-state index contributed by atoms with van der Waals surface area (Å²) in [5, 5.41) is 3.19. The van der Waals surface area contributed by atoms with Crippen LogP contribution in [0.15, 0.2) is 0 Å². The molecule has 0 spiro atoms. The monoisotopic (exact) mass is 262 g/mol. The largest absolute Gasteiger partial charge is 0.372 e. The molecule has 0 aromatic rings. The van der Waals surface area contributed by atoms with Gasteiger partial charge in [0, 0.05) is 26.2 Å². The Balaban J connectivity index is 1.81. The highest BCUT2D eigenvalue weighted by atomic mass is 32.2. The molecule has 2 fully saturated rings. The zero-order valence-electron chi connectivity index (χ0n) is 10.6. The zero-order valence-corrected chi connectivity index (χ0v) is 11.4. The summed E-state index contributed by atoms with van der Waals surface area (Å²) in [7, 11) is -3.04. The van der Waals surface area contributed by atoms with E-state index in [1.165, 1.54) is 6.26 Å². The molecule has 1 atom stereocenters. The normalized spacial score (nSPS) is 29.9. The van der Waals surface area contributed by atoms with Gasteiger partial charge in [-0.2, -0.15) is 0 Å². The van der Waals surface area contributed by atoms with Crippen molar-refractivity contribution >= 4 is 10.0 Å². The molecule has 6 heteroatoms. The van der Waals surface area contributed by atoms with Crippen LogP contribution in [0.2, 0.25) is 0 Å². The maximum Gasteiger partial charge on any atom is 0.211 e. The summed E-state index contributed by atoms with van der Waals surface area (Å²) in [6.45, 7) is 5.84. The van der Waals surface area contributed by atoms with Crippen molar-refractivity contribution in [3.05, 3.63) is 0 Å². The molecular formula is C11H22N2O3S. The van der Waals surface area contributed by atoms with E-state index in [9.17, 15) is 8.42 Å². The Morgan fingerprint density at radius 2 is 2.18 bits per heavy atom. The van der Waals surface area contributed by atoms with Crippen LogP contribution >= 0.6 is 0 Å². The van der Waals surface area contributed by atoms with Crippen molar-refractivity contribution in [2.24, 2.45) is 5.92 Å². The molecule has 100 valence electrons. The first-order valence-electron chi connectivity index (χ1n) is 6.19. The van der Waals surface area contributed by atoms with Crippen LogP contribution in [0, 0.1) is 5.92 Å². The maximum atomic E-state index is 11.5. The van der Waals surface area contributed by atoms with Gasteiger partial charge in [0.1, 0.15) is 0 Å². The highest BCUT2D eigenvalue weighted by Gasteiger charge is 2.34. The molecular weight excluding hydrogens is 240 g/mol. The molecule has 0 radical (unpaired) electrons. The summed E-state index contributed by atoms with van der Waals surface area (Å²) >= 11 is 0. The lowest BCUT2D eigenvalue weighted by Crippen LogP contribution is -2.59. The first-order chi connectivity index (χ1) is 7.89. The molecule has 0 bridgehead atoms. The molecule has 1 unspecified atom stereocenters. The maximum absolute atomic E-state index is 11.5. The SMILES string of the molecule is CC1(OCC2CCCN(S(C)(=O)=O)C2)CNC1. The summed E-state index contributed by atoms with van der Waals surface area (Å²) < 4.78 is 30.4. The summed E-state index contributed by atoms with van der Waals surface area (Å²) in [6, 6.07) is 0. The van der Waals surface area contributed by atoms with Crippen molar-refractivity contribution in [2.75, 3.05) is 39.0 Å². The van der Waals surface area contributed by atoms with Crippen LogP contribution in [-0.4, -0.2) is 57.4 Å². The van der Waals surface area contributed by atoms with Gasteiger partial charge in [0.05, 0.1) is 18.5 Å². The van der Waals surface area contributed by atoms with Gasteiger partial charge < -0.3 is 10.1 Å². The number of hydrogen-bond acceptors (Lipinski definition) is 4. The second kappa shape index (κ2) is 4.84. The number of piperidine rings is 1. The van der Waals surface area contributed by atoms with Gasteiger partial charge in [-0.15, -0.1) is 0 Å². The molecule has 2 heterocycles. The molecule has 0 saturated carbocycles. The summed E-state index contributed by atoms with van der Waals surface area (Å²) in [5.41, 5.74) is -0.0344. The fourth-order valence-electron chi connectivity index (χ4n) is 2.36. The van der Waals surface area contributed by atoms with Crippen LogP contribution in [0.4, 0.5) is 0 Å². The summed E-state index contributed by atoms with van der Waals surface area (Å²) in [6.07, 6.45) is 3.29. The third-order valence-corrected chi connectivity index (χ3v) is 4.89. The van der Waals surface area contributed by atoms with E-state index in [2.05, 4.69) is 12.2 Å². The molecule has 0 amide bonds. The van der Waals surface area contributed by atoms with Crippen LogP contribution in [0.25, 0.3) is 0 Å². The lowest BCUT2D eigenvalue weighted by atomic mass is 9.97. The zero-order chi connectivity index (χ0) is 12.5. The van der Waals surface area contributed by atoms with Gasteiger partial charge in [-0.3, -0.25) is 0 Å². The number of ether oxygens (including phenoxy) is 1. The molecule has 5 nitrogen and oxygen atoms in total. The predicted octanol–water partition coefficient (Wildman–Crippen LogP) is 0.0365. The Morgan fingerprint density at radius 1 is 1.47 bits per heavy atom.